The van der Waals surface area contributed by atoms with Crippen molar-refractivity contribution in [2.24, 2.45) is 14.1 Å². The zero-order chi connectivity index (χ0) is 33.0. The van der Waals surface area contributed by atoms with E-state index < -0.39 is 16.6 Å². The average Bonchev–Trinajstić information content (AvgIpc) is 3.55. The van der Waals surface area contributed by atoms with E-state index >= 15 is 0 Å². The molecule has 12 nitrogen and oxygen atoms in total. The van der Waals surface area contributed by atoms with Crippen LogP contribution in [0.25, 0.3) is 44.3 Å². The van der Waals surface area contributed by atoms with Gasteiger partial charge in [0, 0.05) is 53.8 Å². The van der Waals surface area contributed by atoms with Gasteiger partial charge in [0.1, 0.15) is 24.6 Å². The number of ether oxygens (including phenoxy) is 2. The molecule has 238 valence electrons. The summed E-state index contributed by atoms with van der Waals surface area (Å²) >= 11 is 0. The average molecular weight is 633 g/mol. The summed E-state index contributed by atoms with van der Waals surface area (Å²) in [7, 11) is 3.57. The Morgan fingerprint density at radius 1 is 0.761 bits per heavy atom. The molecule has 0 aliphatic rings. The molecule has 0 spiro atoms. The third-order valence-corrected chi connectivity index (χ3v) is 7.03. The number of benzene rings is 4. The normalized spacial score (nSPS) is 11.0. The predicted octanol–water partition coefficient (Wildman–Crippen LogP) is 4.99. The van der Waals surface area contributed by atoms with Gasteiger partial charge in [0.25, 0.3) is 5.69 Å². The number of aliphatic hydroxyl groups is 2. The molecule has 14 heteroatoms. The van der Waals surface area contributed by atoms with Crippen molar-refractivity contribution in [3.05, 3.63) is 94.5 Å². The summed E-state index contributed by atoms with van der Waals surface area (Å²) in [5, 5.41) is 39.0. The van der Waals surface area contributed by atoms with Crippen LogP contribution < -0.4 is 15.2 Å². The summed E-state index contributed by atoms with van der Waals surface area (Å²) in [6.45, 7) is -0.403. The van der Waals surface area contributed by atoms with Gasteiger partial charge in [0.05, 0.1) is 29.2 Å². The number of hydrogen-bond donors (Lipinski definition) is 3. The van der Waals surface area contributed by atoms with Crippen LogP contribution >= 0.6 is 0 Å². The van der Waals surface area contributed by atoms with E-state index in [1.54, 1.807) is 34.6 Å². The maximum Gasteiger partial charge on any atom is 0.270 e. The van der Waals surface area contributed by atoms with Gasteiger partial charge in [-0.25, -0.2) is 8.78 Å². The number of aliphatic hydroxyl groups excluding tert-OH is 2. The summed E-state index contributed by atoms with van der Waals surface area (Å²) < 4.78 is 41.2. The van der Waals surface area contributed by atoms with E-state index in [1.165, 1.54) is 36.4 Å². The molecule has 46 heavy (non-hydrogen) atoms. The standard InChI is InChI=1S/C16H14FN3O4.C16H16FN3O2/c1-19-14-5-3-11(20(22)23)9-12(14)16(18-19)10-2-4-13(17)15(8-10)24-7-6-21;1-20-14-5-3-11(18)9-12(14)16(19-20)10-2-4-13(17)15(8-10)22-7-6-21/h2-5,8-9,21H,6-7H2,1H3;2-5,8-9,21H,6-7,18H2,1H3. The van der Waals surface area contributed by atoms with Crippen LogP contribution in [0.5, 0.6) is 11.5 Å². The predicted molar refractivity (Wildman–Crippen MR) is 168 cm³/mol. The highest BCUT2D eigenvalue weighted by Crippen LogP contribution is 2.34. The second kappa shape index (κ2) is 13.6. The lowest BCUT2D eigenvalue weighted by molar-refractivity contribution is -0.384. The lowest BCUT2D eigenvalue weighted by atomic mass is 10.1. The molecule has 6 aromatic rings. The van der Waals surface area contributed by atoms with Crippen LogP contribution in [0.2, 0.25) is 0 Å². The number of nitro benzene ring substituents is 1. The summed E-state index contributed by atoms with van der Waals surface area (Å²) in [6.07, 6.45) is 0. The molecule has 0 atom stereocenters. The summed E-state index contributed by atoms with van der Waals surface area (Å²) in [5.74, 6) is -0.949. The van der Waals surface area contributed by atoms with Crippen LogP contribution in [0.15, 0.2) is 72.8 Å². The molecule has 0 saturated heterocycles. The molecule has 4 N–H and O–H groups in total. The smallest absolute Gasteiger partial charge is 0.270 e. The molecule has 0 unspecified atom stereocenters. The molecule has 0 bridgehead atoms. The first-order chi connectivity index (χ1) is 22.1. The largest absolute Gasteiger partial charge is 0.488 e. The molecule has 2 heterocycles. The van der Waals surface area contributed by atoms with E-state index in [0.717, 1.165) is 22.0 Å². The fourth-order valence-corrected chi connectivity index (χ4v) is 4.91. The lowest BCUT2D eigenvalue weighted by Gasteiger charge is -2.07. The molecule has 0 radical (unpaired) electrons. The Kier molecular flexibility index (Phi) is 9.39. The minimum absolute atomic E-state index is 0.00853. The minimum atomic E-state index is -0.557. The molecule has 0 amide bonds. The number of aryl methyl sites for hydroxylation is 2. The van der Waals surface area contributed by atoms with E-state index in [1.807, 2.05) is 25.2 Å². The number of nitrogen functional groups attached to an aromatic ring is 1. The Hall–Kier alpha value is -5.60. The van der Waals surface area contributed by atoms with Gasteiger partial charge in [-0.1, -0.05) is 0 Å². The lowest BCUT2D eigenvalue weighted by Crippen LogP contribution is -2.03. The van der Waals surface area contributed by atoms with E-state index in [-0.39, 0.29) is 43.6 Å². The first-order valence-electron chi connectivity index (χ1n) is 14.0. The van der Waals surface area contributed by atoms with Crippen molar-refractivity contribution in [2.75, 3.05) is 32.2 Å². The number of non-ortho nitro benzene ring substituents is 1. The molecule has 2 aromatic heterocycles. The first-order valence-corrected chi connectivity index (χ1v) is 14.0. The monoisotopic (exact) mass is 632 g/mol. The van der Waals surface area contributed by atoms with Gasteiger partial charge in [-0.05, 0) is 60.7 Å². The molecular weight excluding hydrogens is 602 g/mol. The quantitative estimate of drug-likeness (QED) is 0.113. The Balaban J connectivity index is 0.000000182. The number of nitrogens with two attached hydrogens (primary N) is 1. The maximum atomic E-state index is 13.8. The highest BCUT2D eigenvalue weighted by Gasteiger charge is 2.17. The van der Waals surface area contributed by atoms with Crippen molar-refractivity contribution < 1.29 is 33.4 Å². The summed E-state index contributed by atoms with van der Waals surface area (Å²) in [5.41, 5.74) is 10.6. The van der Waals surface area contributed by atoms with Gasteiger partial charge < -0.3 is 25.4 Å². The topological polar surface area (TPSA) is 164 Å². The Morgan fingerprint density at radius 3 is 1.72 bits per heavy atom. The number of halogens is 2. The van der Waals surface area contributed by atoms with Crippen LogP contribution in [0.3, 0.4) is 0 Å². The van der Waals surface area contributed by atoms with Crippen molar-refractivity contribution in [1.29, 1.82) is 0 Å². The number of nitrogens with zero attached hydrogens (tertiary/aromatic N) is 5. The minimum Gasteiger partial charge on any atom is -0.488 e. The van der Waals surface area contributed by atoms with E-state index in [0.29, 0.717) is 28.0 Å². The number of rotatable bonds is 9. The Labute approximate surface area is 261 Å². The van der Waals surface area contributed by atoms with Crippen LogP contribution in [-0.4, -0.2) is 61.1 Å². The molecular formula is C32H30F2N6O6. The number of aromatic nitrogens is 4. The van der Waals surface area contributed by atoms with Crippen LogP contribution in [0, 0.1) is 21.7 Å². The molecule has 0 saturated carbocycles. The van der Waals surface area contributed by atoms with Crippen LogP contribution in [0.4, 0.5) is 20.2 Å². The van der Waals surface area contributed by atoms with Crippen LogP contribution in [-0.2, 0) is 14.1 Å². The fourth-order valence-electron chi connectivity index (χ4n) is 4.91. The van der Waals surface area contributed by atoms with E-state index in [9.17, 15) is 18.9 Å². The molecule has 0 fully saturated rings. The van der Waals surface area contributed by atoms with E-state index in [2.05, 4.69) is 10.2 Å². The van der Waals surface area contributed by atoms with Gasteiger partial charge in [-0.15, -0.1) is 0 Å². The molecule has 0 aliphatic heterocycles. The summed E-state index contributed by atoms with van der Waals surface area (Å²) in [4.78, 5) is 10.5. The van der Waals surface area contributed by atoms with Gasteiger partial charge in [-0.3, -0.25) is 19.5 Å². The SMILES string of the molecule is Cn1nc(-c2ccc(F)c(OCCO)c2)c2cc(N)ccc21.Cn1nc(-c2ccc(F)c(OCCO)c2)c2cc([N+](=O)[O-])ccc21. The fraction of sp³-hybridized carbons (Fsp3) is 0.188. The zero-order valence-electron chi connectivity index (χ0n) is 24.9. The van der Waals surface area contributed by atoms with Gasteiger partial charge in [-0.2, -0.15) is 10.2 Å². The van der Waals surface area contributed by atoms with Crippen molar-refractivity contribution in [3.63, 3.8) is 0 Å². The highest BCUT2D eigenvalue weighted by molar-refractivity contribution is 5.96. The Morgan fingerprint density at radius 2 is 1.24 bits per heavy atom. The van der Waals surface area contributed by atoms with Crippen LogP contribution in [0.1, 0.15) is 0 Å². The number of hydrogen-bond acceptors (Lipinski definition) is 9. The second-order valence-electron chi connectivity index (χ2n) is 10.1. The van der Waals surface area contributed by atoms with Crippen molar-refractivity contribution in [1.82, 2.24) is 19.6 Å². The van der Waals surface area contributed by atoms with Gasteiger partial charge >= 0.3 is 0 Å². The third kappa shape index (κ3) is 6.57. The van der Waals surface area contributed by atoms with Gasteiger partial charge in [0.15, 0.2) is 23.1 Å². The number of fused-ring (bicyclic) bond motifs is 2. The Bertz CT molecular complexity index is 2040. The number of nitro groups is 1. The van der Waals surface area contributed by atoms with E-state index in [4.69, 9.17) is 25.4 Å². The second-order valence-corrected chi connectivity index (χ2v) is 10.1. The third-order valence-electron chi connectivity index (χ3n) is 7.03. The van der Waals surface area contributed by atoms with Gasteiger partial charge in [0.2, 0.25) is 0 Å². The molecule has 4 aromatic carbocycles. The highest BCUT2D eigenvalue weighted by atomic mass is 19.1. The summed E-state index contributed by atoms with van der Waals surface area (Å²) in [6, 6.07) is 18.8. The molecule has 0 aliphatic carbocycles. The molecule has 6 rings (SSSR count). The van der Waals surface area contributed by atoms with Crippen molar-refractivity contribution >= 4 is 33.2 Å². The van der Waals surface area contributed by atoms with Crippen molar-refractivity contribution in [2.45, 2.75) is 0 Å². The maximum absolute atomic E-state index is 13.8. The number of anilines is 1. The van der Waals surface area contributed by atoms with Crippen molar-refractivity contribution in [3.8, 4) is 34.0 Å². The first kappa shape index (κ1) is 31.8. The zero-order valence-corrected chi connectivity index (χ0v) is 24.9.